The first-order valence-electron chi connectivity index (χ1n) is 7.88. The number of aryl methyl sites for hydroxylation is 2. The number of ether oxygens (including phenoxy) is 1. The lowest BCUT2D eigenvalue weighted by molar-refractivity contribution is -0.115. The van der Waals surface area contributed by atoms with Gasteiger partial charge in [-0.1, -0.05) is 18.2 Å². The highest BCUT2D eigenvalue weighted by molar-refractivity contribution is 5.99. The van der Waals surface area contributed by atoms with E-state index in [1.807, 2.05) is 45.0 Å². The zero-order chi connectivity index (χ0) is 17.5. The third-order valence-corrected chi connectivity index (χ3v) is 3.64. The van der Waals surface area contributed by atoms with Crippen molar-refractivity contribution in [3.05, 3.63) is 59.2 Å². The van der Waals surface area contributed by atoms with Crippen LogP contribution in [0.25, 0.3) is 0 Å². The first-order chi connectivity index (χ1) is 11.5. The zero-order valence-electron chi connectivity index (χ0n) is 14.2. The maximum Gasteiger partial charge on any atom is 0.251 e. The number of benzene rings is 2. The van der Waals surface area contributed by atoms with Gasteiger partial charge >= 0.3 is 0 Å². The van der Waals surface area contributed by atoms with E-state index >= 15 is 0 Å². The molecule has 24 heavy (non-hydrogen) atoms. The molecular formula is C19H22N2O3. The Morgan fingerprint density at radius 1 is 1.04 bits per heavy atom. The number of hydrogen-bond donors (Lipinski definition) is 2. The van der Waals surface area contributed by atoms with Gasteiger partial charge in [0.05, 0.1) is 18.8 Å². The maximum absolute atomic E-state index is 12.1. The molecule has 126 valence electrons. The van der Waals surface area contributed by atoms with Gasteiger partial charge in [0.1, 0.15) is 5.75 Å². The van der Waals surface area contributed by atoms with E-state index in [4.69, 9.17) is 4.74 Å². The van der Waals surface area contributed by atoms with Crippen molar-refractivity contribution in [2.45, 2.75) is 20.8 Å². The molecule has 0 heterocycles. The third-order valence-electron chi connectivity index (χ3n) is 3.64. The number of hydrogen-bond acceptors (Lipinski definition) is 3. The monoisotopic (exact) mass is 326 g/mol. The summed E-state index contributed by atoms with van der Waals surface area (Å²) in [6.07, 6.45) is 0. The van der Waals surface area contributed by atoms with Crippen molar-refractivity contribution in [1.82, 2.24) is 5.32 Å². The van der Waals surface area contributed by atoms with Gasteiger partial charge in [-0.05, 0) is 56.2 Å². The highest BCUT2D eigenvalue weighted by Gasteiger charge is 2.11. The second kappa shape index (κ2) is 8.15. The van der Waals surface area contributed by atoms with Crippen molar-refractivity contribution in [3.8, 4) is 5.75 Å². The molecule has 0 fully saturated rings. The van der Waals surface area contributed by atoms with Crippen molar-refractivity contribution in [3.63, 3.8) is 0 Å². The minimum atomic E-state index is -0.306. The van der Waals surface area contributed by atoms with Crippen LogP contribution in [0.3, 0.4) is 0 Å². The highest BCUT2D eigenvalue weighted by atomic mass is 16.5. The lowest BCUT2D eigenvalue weighted by Gasteiger charge is -2.12. The van der Waals surface area contributed by atoms with Gasteiger partial charge in [0.2, 0.25) is 5.91 Å². The van der Waals surface area contributed by atoms with Crippen molar-refractivity contribution in [2.24, 2.45) is 0 Å². The number of amides is 2. The summed E-state index contributed by atoms with van der Waals surface area (Å²) in [5.74, 6) is 0.0273. The van der Waals surface area contributed by atoms with Gasteiger partial charge in [0.25, 0.3) is 5.91 Å². The Morgan fingerprint density at radius 3 is 2.50 bits per heavy atom. The van der Waals surface area contributed by atoms with Crippen LogP contribution < -0.4 is 15.4 Å². The Balaban J connectivity index is 1.93. The predicted octanol–water partition coefficient (Wildman–Crippen LogP) is 3.07. The Bertz CT molecular complexity index is 741. The Morgan fingerprint density at radius 2 is 1.79 bits per heavy atom. The Hall–Kier alpha value is -2.82. The van der Waals surface area contributed by atoms with Gasteiger partial charge in [-0.25, -0.2) is 0 Å². The van der Waals surface area contributed by atoms with Crippen LogP contribution in [0.5, 0.6) is 5.75 Å². The molecule has 2 N–H and O–H groups in total. The fraction of sp³-hybridized carbons (Fsp3) is 0.263. The van der Waals surface area contributed by atoms with Gasteiger partial charge in [-0.3, -0.25) is 9.59 Å². The second-order valence-corrected chi connectivity index (χ2v) is 5.46. The fourth-order valence-electron chi connectivity index (χ4n) is 2.19. The molecule has 2 aromatic carbocycles. The quantitative estimate of drug-likeness (QED) is 0.857. The number of carbonyl (C=O) groups is 2. The number of carbonyl (C=O) groups excluding carboxylic acids is 2. The van der Waals surface area contributed by atoms with E-state index in [-0.39, 0.29) is 18.4 Å². The van der Waals surface area contributed by atoms with E-state index < -0.39 is 0 Å². The van der Waals surface area contributed by atoms with Gasteiger partial charge in [-0.2, -0.15) is 0 Å². The summed E-state index contributed by atoms with van der Waals surface area (Å²) < 4.78 is 5.46. The van der Waals surface area contributed by atoms with E-state index in [1.165, 1.54) is 0 Å². The van der Waals surface area contributed by atoms with Gasteiger partial charge in [0, 0.05) is 5.56 Å². The molecule has 2 rings (SSSR count). The zero-order valence-corrected chi connectivity index (χ0v) is 14.2. The average Bonchev–Trinajstić information content (AvgIpc) is 2.57. The first kappa shape index (κ1) is 17.5. The topological polar surface area (TPSA) is 67.4 Å². The molecule has 0 aliphatic rings. The van der Waals surface area contributed by atoms with Crippen LogP contribution in [-0.2, 0) is 4.79 Å². The molecule has 0 aliphatic heterocycles. The minimum absolute atomic E-state index is 0.105. The summed E-state index contributed by atoms with van der Waals surface area (Å²) in [7, 11) is 0. The van der Waals surface area contributed by atoms with Crippen molar-refractivity contribution < 1.29 is 14.3 Å². The van der Waals surface area contributed by atoms with Crippen LogP contribution in [0.1, 0.15) is 28.4 Å². The molecule has 2 aromatic rings. The van der Waals surface area contributed by atoms with E-state index in [2.05, 4.69) is 10.6 Å². The summed E-state index contributed by atoms with van der Waals surface area (Å²) in [5.41, 5.74) is 3.29. The van der Waals surface area contributed by atoms with Crippen LogP contribution in [0, 0.1) is 13.8 Å². The smallest absolute Gasteiger partial charge is 0.251 e. The summed E-state index contributed by atoms with van der Waals surface area (Å²) in [6.45, 7) is 6.22. The van der Waals surface area contributed by atoms with Gasteiger partial charge < -0.3 is 15.4 Å². The number of nitrogens with one attached hydrogen (secondary N) is 2. The summed E-state index contributed by atoms with van der Waals surface area (Å²) in [4.78, 5) is 24.2. The molecule has 0 saturated carbocycles. The lowest BCUT2D eigenvalue weighted by Crippen LogP contribution is -2.33. The van der Waals surface area contributed by atoms with E-state index in [9.17, 15) is 9.59 Å². The molecule has 0 aliphatic carbocycles. The molecule has 0 saturated heterocycles. The molecule has 0 spiro atoms. The number of para-hydroxylation sites is 2. The number of anilines is 1. The summed E-state index contributed by atoms with van der Waals surface area (Å²) in [6, 6.07) is 12.6. The van der Waals surface area contributed by atoms with E-state index in [0.29, 0.717) is 23.6 Å². The predicted molar refractivity (Wildman–Crippen MR) is 94.5 cm³/mol. The molecule has 5 heteroatoms. The Labute approximate surface area is 142 Å². The van der Waals surface area contributed by atoms with E-state index in [0.717, 1.165) is 11.1 Å². The molecule has 0 radical (unpaired) electrons. The SMILES string of the molecule is CCOc1ccccc1NC(=O)CNC(=O)c1ccc(C)c(C)c1. The third kappa shape index (κ3) is 4.59. The van der Waals surface area contributed by atoms with Crippen LogP contribution in [0.4, 0.5) is 5.69 Å². The largest absolute Gasteiger partial charge is 0.492 e. The molecule has 5 nitrogen and oxygen atoms in total. The fourth-order valence-corrected chi connectivity index (χ4v) is 2.19. The lowest BCUT2D eigenvalue weighted by atomic mass is 10.1. The van der Waals surface area contributed by atoms with Crippen molar-refractivity contribution in [2.75, 3.05) is 18.5 Å². The molecule has 0 atom stereocenters. The van der Waals surface area contributed by atoms with Crippen LogP contribution in [0.2, 0.25) is 0 Å². The standard InChI is InChI=1S/C19H22N2O3/c1-4-24-17-8-6-5-7-16(17)21-18(22)12-20-19(23)15-10-9-13(2)14(3)11-15/h5-11H,4,12H2,1-3H3,(H,20,23)(H,21,22). The molecule has 0 bridgehead atoms. The van der Waals surface area contributed by atoms with E-state index in [1.54, 1.807) is 18.2 Å². The Kier molecular flexibility index (Phi) is 5.95. The molecule has 2 amide bonds. The molecule has 0 unspecified atom stereocenters. The van der Waals surface area contributed by atoms with Crippen LogP contribution in [-0.4, -0.2) is 25.0 Å². The van der Waals surface area contributed by atoms with Crippen LogP contribution in [0.15, 0.2) is 42.5 Å². The van der Waals surface area contributed by atoms with Crippen molar-refractivity contribution in [1.29, 1.82) is 0 Å². The van der Waals surface area contributed by atoms with Crippen LogP contribution >= 0.6 is 0 Å². The first-order valence-corrected chi connectivity index (χ1v) is 7.88. The molecule has 0 aromatic heterocycles. The van der Waals surface area contributed by atoms with Gasteiger partial charge in [-0.15, -0.1) is 0 Å². The summed E-state index contributed by atoms with van der Waals surface area (Å²) >= 11 is 0. The number of rotatable bonds is 6. The normalized spacial score (nSPS) is 10.1. The minimum Gasteiger partial charge on any atom is -0.492 e. The summed E-state index contributed by atoms with van der Waals surface area (Å²) in [5, 5.41) is 5.37. The highest BCUT2D eigenvalue weighted by Crippen LogP contribution is 2.23. The van der Waals surface area contributed by atoms with Gasteiger partial charge in [0.15, 0.2) is 0 Å². The maximum atomic E-state index is 12.1. The second-order valence-electron chi connectivity index (χ2n) is 5.46. The van der Waals surface area contributed by atoms with Crippen molar-refractivity contribution >= 4 is 17.5 Å². The average molecular weight is 326 g/mol. The molecular weight excluding hydrogens is 304 g/mol.